The zero-order chi connectivity index (χ0) is 15.6. The highest BCUT2D eigenvalue weighted by Crippen LogP contribution is 2.34. The maximum absolute atomic E-state index is 12.3. The van der Waals surface area contributed by atoms with Crippen molar-refractivity contribution in [1.29, 1.82) is 0 Å². The molecule has 0 spiro atoms. The van der Waals surface area contributed by atoms with Gasteiger partial charge in [0, 0.05) is 12.1 Å². The second-order valence-corrected chi connectivity index (χ2v) is 5.64. The van der Waals surface area contributed by atoms with Crippen LogP contribution in [-0.2, 0) is 0 Å². The summed E-state index contributed by atoms with van der Waals surface area (Å²) in [5.74, 6) is 0.285. The Morgan fingerprint density at radius 1 is 1.48 bits per heavy atom. The molecule has 1 aliphatic carbocycles. The van der Waals surface area contributed by atoms with Crippen LogP contribution >= 0.6 is 0 Å². The molecule has 0 heterocycles. The molecule has 0 bridgehead atoms. The van der Waals surface area contributed by atoms with E-state index in [1.54, 1.807) is 0 Å². The fourth-order valence-corrected chi connectivity index (χ4v) is 3.14. The minimum atomic E-state index is -0.610. The Hall–Kier alpha value is -2.11. The molecule has 6 nitrogen and oxygen atoms in total. The molecule has 2 rings (SSSR count). The number of nitrogens with one attached hydrogen (secondary N) is 1. The smallest absolute Gasteiger partial charge is 0.282 e. The first kappa shape index (κ1) is 15.3. The first-order valence-electron chi connectivity index (χ1n) is 7.22. The summed E-state index contributed by atoms with van der Waals surface area (Å²) in [4.78, 5) is 22.7. The van der Waals surface area contributed by atoms with Gasteiger partial charge in [-0.15, -0.1) is 0 Å². The molecule has 3 atom stereocenters. The second kappa shape index (κ2) is 6.11. The van der Waals surface area contributed by atoms with Crippen LogP contribution in [0.2, 0.25) is 0 Å². The number of phenols is 1. The third-order valence-corrected chi connectivity index (χ3v) is 4.49. The third-order valence-electron chi connectivity index (χ3n) is 4.49. The number of carbonyl (C=O) groups excluding carboxylic acids is 1. The molecule has 0 aliphatic heterocycles. The number of nitrogens with zero attached hydrogens (tertiary/aromatic N) is 1. The number of nitro benzene ring substituents is 1. The van der Waals surface area contributed by atoms with Gasteiger partial charge >= 0.3 is 0 Å². The fourth-order valence-electron chi connectivity index (χ4n) is 3.14. The van der Waals surface area contributed by atoms with Crippen LogP contribution in [0, 0.1) is 22.0 Å². The maximum atomic E-state index is 12.3. The van der Waals surface area contributed by atoms with Crippen molar-refractivity contribution >= 4 is 11.6 Å². The molecule has 0 aromatic heterocycles. The minimum absolute atomic E-state index is 0.0319. The molecule has 21 heavy (non-hydrogen) atoms. The van der Waals surface area contributed by atoms with Gasteiger partial charge in [0.25, 0.3) is 11.6 Å². The average Bonchev–Trinajstić information content (AvgIpc) is 2.79. The Bertz CT molecular complexity index is 559. The Morgan fingerprint density at radius 2 is 2.19 bits per heavy atom. The van der Waals surface area contributed by atoms with Gasteiger partial charge in [-0.3, -0.25) is 14.9 Å². The zero-order valence-electron chi connectivity index (χ0n) is 12.2. The van der Waals surface area contributed by atoms with Crippen LogP contribution in [0.25, 0.3) is 0 Å². The third kappa shape index (κ3) is 3.15. The summed E-state index contributed by atoms with van der Waals surface area (Å²) in [6.07, 6.45) is 3.02. The summed E-state index contributed by atoms with van der Waals surface area (Å²) >= 11 is 0. The van der Waals surface area contributed by atoms with Crippen LogP contribution in [0.3, 0.4) is 0 Å². The molecule has 1 aromatic rings. The molecular formula is C15H20N2O4. The normalized spacial score (nSPS) is 24.8. The van der Waals surface area contributed by atoms with Crippen LogP contribution in [-0.4, -0.2) is 22.0 Å². The Kier molecular flexibility index (Phi) is 4.45. The van der Waals surface area contributed by atoms with Crippen LogP contribution in [0.5, 0.6) is 5.75 Å². The average molecular weight is 292 g/mol. The van der Waals surface area contributed by atoms with Gasteiger partial charge in [-0.1, -0.05) is 20.3 Å². The maximum Gasteiger partial charge on any atom is 0.282 e. The first-order valence-corrected chi connectivity index (χ1v) is 7.22. The van der Waals surface area contributed by atoms with Crippen LogP contribution in [0.4, 0.5) is 5.69 Å². The number of nitro groups is 1. The molecule has 0 radical (unpaired) electrons. The molecule has 1 saturated carbocycles. The number of benzene rings is 1. The van der Waals surface area contributed by atoms with E-state index in [1.807, 2.05) is 0 Å². The summed E-state index contributed by atoms with van der Waals surface area (Å²) in [6, 6.07) is 3.53. The van der Waals surface area contributed by atoms with Gasteiger partial charge in [0.1, 0.15) is 11.3 Å². The molecule has 3 unspecified atom stereocenters. The van der Waals surface area contributed by atoms with Gasteiger partial charge < -0.3 is 10.4 Å². The molecule has 6 heteroatoms. The summed E-state index contributed by atoms with van der Waals surface area (Å²) in [5.41, 5.74) is -0.380. The van der Waals surface area contributed by atoms with Crippen LogP contribution in [0.15, 0.2) is 18.2 Å². The lowest BCUT2D eigenvalue weighted by Gasteiger charge is -2.21. The Morgan fingerprint density at radius 3 is 2.76 bits per heavy atom. The number of hydrogen-bond donors (Lipinski definition) is 2. The highest BCUT2D eigenvalue weighted by Gasteiger charge is 2.33. The minimum Gasteiger partial charge on any atom is -0.508 e. The van der Waals surface area contributed by atoms with Gasteiger partial charge in [0.05, 0.1) is 4.92 Å². The van der Waals surface area contributed by atoms with Gasteiger partial charge in [-0.05, 0) is 36.8 Å². The topological polar surface area (TPSA) is 92.5 Å². The number of amides is 1. The van der Waals surface area contributed by atoms with Crippen molar-refractivity contribution in [2.24, 2.45) is 11.8 Å². The van der Waals surface area contributed by atoms with Crippen LogP contribution < -0.4 is 5.32 Å². The van der Waals surface area contributed by atoms with Gasteiger partial charge in [0.2, 0.25) is 0 Å². The van der Waals surface area contributed by atoms with E-state index in [2.05, 4.69) is 19.2 Å². The Labute approximate surface area is 123 Å². The SMILES string of the molecule is CCC1CCC(NC(=O)c2cc(O)ccc2[N+](=O)[O-])C1C. The fraction of sp³-hybridized carbons (Fsp3) is 0.533. The van der Waals surface area contributed by atoms with Crippen molar-refractivity contribution in [3.05, 3.63) is 33.9 Å². The van der Waals surface area contributed by atoms with E-state index >= 15 is 0 Å². The predicted molar refractivity (Wildman–Crippen MR) is 78.2 cm³/mol. The lowest BCUT2D eigenvalue weighted by Crippen LogP contribution is -2.37. The first-order chi connectivity index (χ1) is 9.93. The summed E-state index contributed by atoms with van der Waals surface area (Å²) < 4.78 is 0. The van der Waals surface area contributed by atoms with Crippen molar-refractivity contribution in [2.45, 2.75) is 39.2 Å². The lowest BCUT2D eigenvalue weighted by molar-refractivity contribution is -0.385. The van der Waals surface area contributed by atoms with E-state index in [9.17, 15) is 20.0 Å². The number of carbonyl (C=O) groups is 1. The molecule has 0 saturated heterocycles. The monoisotopic (exact) mass is 292 g/mol. The standard InChI is InChI=1S/C15H20N2O4/c1-3-10-4-6-13(9(10)2)16-15(19)12-8-11(18)5-7-14(12)17(20)21/h5,7-10,13,18H,3-4,6H2,1-2H3,(H,16,19). The highest BCUT2D eigenvalue weighted by molar-refractivity contribution is 5.98. The number of rotatable bonds is 4. The van der Waals surface area contributed by atoms with E-state index in [0.717, 1.165) is 31.4 Å². The lowest BCUT2D eigenvalue weighted by atomic mass is 9.93. The number of phenolic OH excluding ortho intramolecular Hbond substituents is 1. The van der Waals surface area contributed by atoms with E-state index in [-0.39, 0.29) is 23.0 Å². The van der Waals surface area contributed by atoms with Gasteiger partial charge in [0.15, 0.2) is 0 Å². The molecule has 2 N–H and O–H groups in total. The molecule has 1 aliphatic rings. The van der Waals surface area contributed by atoms with E-state index in [4.69, 9.17) is 0 Å². The van der Waals surface area contributed by atoms with Crippen molar-refractivity contribution in [3.63, 3.8) is 0 Å². The predicted octanol–water partition coefficient (Wildman–Crippen LogP) is 2.85. The molecular weight excluding hydrogens is 272 g/mol. The summed E-state index contributed by atoms with van der Waals surface area (Å²) in [6.45, 7) is 4.23. The van der Waals surface area contributed by atoms with Crippen molar-refractivity contribution in [1.82, 2.24) is 5.32 Å². The number of hydrogen-bond acceptors (Lipinski definition) is 4. The van der Waals surface area contributed by atoms with Crippen molar-refractivity contribution < 1.29 is 14.8 Å². The summed E-state index contributed by atoms with van der Waals surface area (Å²) in [5, 5.41) is 23.3. The number of aromatic hydroxyl groups is 1. The van der Waals surface area contributed by atoms with Crippen molar-refractivity contribution in [2.75, 3.05) is 0 Å². The quantitative estimate of drug-likeness (QED) is 0.659. The second-order valence-electron chi connectivity index (χ2n) is 5.64. The van der Waals surface area contributed by atoms with E-state index < -0.39 is 10.8 Å². The molecule has 1 amide bonds. The Balaban J connectivity index is 2.18. The zero-order valence-corrected chi connectivity index (χ0v) is 12.2. The van der Waals surface area contributed by atoms with Gasteiger partial charge in [-0.25, -0.2) is 0 Å². The molecule has 1 aromatic carbocycles. The molecule has 1 fully saturated rings. The highest BCUT2D eigenvalue weighted by atomic mass is 16.6. The van der Waals surface area contributed by atoms with Gasteiger partial charge in [-0.2, -0.15) is 0 Å². The largest absolute Gasteiger partial charge is 0.508 e. The molecule has 114 valence electrons. The van der Waals surface area contributed by atoms with Crippen LogP contribution in [0.1, 0.15) is 43.5 Å². The summed E-state index contributed by atoms with van der Waals surface area (Å²) in [7, 11) is 0. The van der Waals surface area contributed by atoms with E-state index in [0.29, 0.717) is 11.8 Å². The van der Waals surface area contributed by atoms with E-state index in [1.165, 1.54) is 6.07 Å². The van der Waals surface area contributed by atoms with Crippen molar-refractivity contribution in [3.8, 4) is 5.75 Å².